The zero-order valence-corrected chi connectivity index (χ0v) is 10.7. The fourth-order valence-corrected chi connectivity index (χ4v) is 1.35. The van der Waals surface area contributed by atoms with E-state index in [0.29, 0.717) is 5.82 Å². The van der Waals surface area contributed by atoms with Crippen molar-refractivity contribution in [2.45, 2.75) is 19.8 Å². The highest BCUT2D eigenvalue weighted by Gasteiger charge is 2.11. The molecule has 0 aliphatic rings. The van der Waals surface area contributed by atoms with Crippen molar-refractivity contribution in [3.63, 3.8) is 0 Å². The number of carbonyl (C=O) groups excluding carboxylic acids is 1. The Bertz CT molecular complexity index is 405. The lowest BCUT2D eigenvalue weighted by atomic mass is 10.2. The van der Waals surface area contributed by atoms with E-state index < -0.39 is 0 Å². The molecule has 0 aliphatic heterocycles. The van der Waals surface area contributed by atoms with Crippen LogP contribution in [0, 0.1) is 0 Å². The highest BCUT2D eigenvalue weighted by Crippen LogP contribution is 2.18. The van der Waals surface area contributed by atoms with Crippen LogP contribution < -0.4 is 16.0 Å². The molecule has 1 rings (SSSR count). The second kappa shape index (κ2) is 5.47. The highest BCUT2D eigenvalue weighted by molar-refractivity contribution is 5.79. The van der Waals surface area contributed by atoms with Gasteiger partial charge in [-0.25, -0.2) is 9.97 Å². The van der Waals surface area contributed by atoms with Crippen LogP contribution in [-0.2, 0) is 4.79 Å². The molecule has 17 heavy (non-hydrogen) atoms. The predicted molar refractivity (Wildman–Crippen MR) is 68.1 cm³/mol. The first-order valence-electron chi connectivity index (χ1n) is 5.50. The van der Waals surface area contributed by atoms with Gasteiger partial charge in [0.2, 0.25) is 5.91 Å². The summed E-state index contributed by atoms with van der Waals surface area (Å²) in [6.45, 7) is 4.18. The first-order valence-corrected chi connectivity index (χ1v) is 5.50. The van der Waals surface area contributed by atoms with Crippen molar-refractivity contribution in [3.8, 4) is 0 Å². The minimum atomic E-state index is -0.386. The van der Waals surface area contributed by atoms with Gasteiger partial charge in [-0.2, -0.15) is 0 Å². The number of nitrogens with one attached hydrogen (secondary N) is 1. The van der Waals surface area contributed by atoms with Crippen molar-refractivity contribution >= 4 is 17.5 Å². The fraction of sp³-hybridized carbons (Fsp3) is 0.545. The van der Waals surface area contributed by atoms with Gasteiger partial charge in [0.1, 0.15) is 17.5 Å². The molecule has 6 nitrogen and oxygen atoms in total. The third-order valence-electron chi connectivity index (χ3n) is 2.29. The van der Waals surface area contributed by atoms with Crippen molar-refractivity contribution < 1.29 is 4.79 Å². The Balaban J connectivity index is 3.05. The van der Waals surface area contributed by atoms with Crippen molar-refractivity contribution in [1.82, 2.24) is 9.97 Å². The zero-order chi connectivity index (χ0) is 13.0. The molecule has 3 N–H and O–H groups in total. The molecule has 0 fully saturated rings. The maximum atomic E-state index is 10.9. The molecule has 1 heterocycles. The van der Waals surface area contributed by atoms with E-state index in [1.807, 2.05) is 13.8 Å². The van der Waals surface area contributed by atoms with Crippen LogP contribution in [0.1, 0.15) is 25.6 Å². The average molecular weight is 237 g/mol. The molecule has 0 saturated carbocycles. The molecule has 0 saturated heterocycles. The summed E-state index contributed by atoms with van der Waals surface area (Å²) in [6.07, 6.45) is 0. The second-order valence-electron chi connectivity index (χ2n) is 4.20. The number of aromatic nitrogens is 2. The summed E-state index contributed by atoms with van der Waals surface area (Å²) in [4.78, 5) is 21.3. The third-order valence-corrected chi connectivity index (χ3v) is 2.29. The van der Waals surface area contributed by atoms with Crippen molar-refractivity contribution in [2.75, 3.05) is 30.9 Å². The Morgan fingerprint density at radius 2 is 2.18 bits per heavy atom. The normalized spacial score (nSPS) is 10.4. The third kappa shape index (κ3) is 3.58. The fourth-order valence-electron chi connectivity index (χ4n) is 1.35. The van der Waals surface area contributed by atoms with Crippen LogP contribution in [0.5, 0.6) is 0 Å². The van der Waals surface area contributed by atoms with Crippen LogP contribution in [-0.4, -0.2) is 36.5 Å². The van der Waals surface area contributed by atoms with Gasteiger partial charge >= 0.3 is 0 Å². The van der Waals surface area contributed by atoms with Crippen LogP contribution in [0.15, 0.2) is 6.07 Å². The molecule has 1 aromatic heterocycles. The summed E-state index contributed by atoms with van der Waals surface area (Å²) in [6, 6.07) is 1.79. The topological polar surface area (TPSA) is 84.1 Å². The molecule has 1 aromatic rings. The first kappa shape index (κ1) is 13.2. The lowest BCUT2D eigenvalue weighted by Crippen LogP contribution is -2.31. The standard InChI is InChI=1S/C11H19N5O/c1-7(2)11-14-9(13-3)5-10(15-11)16(4)6-8(12)17/h5,7H,6H2,1-4H3,(H2,12,17)(H,13,14,15). The molecular weight excluding hydrogens is 218 g/mol. The number of amides is 1. The van der Waals surface area contributed by atoms with Crippen molar-refractivity contribution in [2.24, 2.45) is 5.73 Å². The number of likely N-dealkylation sites (N-methyl/N-ethyl adjacent to an activating group) is 1. The summed E-state index contributed by atoms with van der Waals surface area (Å²) in [7, 11) is 3.57. The lowest BCUT2D eigenvalue weighted by Gasteiger charge is -2.18. The monoisotopic (exact) mass is 237 g/mol. The Labute approximate surface area is 101 Å². The Kier molecular flexibility index (Phi) is 4.25. The number of nitrogens with two attached hydrogens (primary N) is 1. The van der Waals surface area contributed by atoms with E-state index in [9.17, 15) is 4.79 Å². The van der Waals surface area contributed by atoms with Gasteiger partial charge in [-0.1, -0.05) is 13.8 Å². The number of nitrogens with zero attached hydrogens (tertiary/aromatic N) is 3. The number of rotatable bonds is 5. The minimum Gasteiger partial charge on any atom is -0.373 e. The molecule has 0 bridgehead atoms. The van der Waals surface area contributed by atoms with E-state index in [0.717, 1.165) is 11.6 Å². The minimum absolute atomic E-state index is 0.137. The molecule has 6 heteroatoms. The van der Waals surface area contributed by atoms with Gasteiger partial charge in [-0.15, -0.1) is 0 Å². The SMILES string of the molecule is CNc1cc(N(C)CC(N)=O)nc(C(C)C)n1. The van der Waals surface area contributed by atoms with E-state index in [-0.39, 0.29) is 18.4 Å². The quantitative estimate of drug-likeness (QED) is 0.782. The van der Waals surface area contributed by atoms with Gasteiger partial charge < -0.3 is 16.0 Å². The van der Waals surface area contributed by atoms with Gasteiger partial charge in [0.05, 0.1) is 6.54 Å². The van der Waals surface area contributed by atoms with Gasteiger partial charge in [-0.3, -0.25) is 4.79 Å². The molecular formula is C11H19N5O. The van der Waals surface area contributed by atoms with Crippen molar-refractivity contribution in [3.05, 3.63) is 11.9 Å². The van der Waals surface area contributed by atoms with E-state index >= 15 is 0 Å². The maximum Gasteiger partial charge on any atom is 0.236 e. The Morgan fingerprint density at radius 1 is 1.53 bits per heavy atom. The van der Waals surface area contributed by atoms with Gasteiger partial charge in [0, 0.05) is 26.1 Å². The smallest absolute Gasteiger partial charge is 0.236 e. The summed E-state index contributed by atoms with van der Waals surface area (Å²) in [5, 5.41) is 2.98. The Morgan fingerprint density at radius 3 is 2.65 bits per heavy atom. The molecule has 0 aromatic carbocycles. The van der Waals surface area contributed by atoms with E-state index in [1.54, 1.807) is 25.1 Å². The summed E-state index contributed by atoms with van der Waals surface area (Å²) in [5.74, 6) is 2.00. The highest BCUT2D eigenvalue weighted by atomic mass is 16.1. The number of anilines is 2. The summed E-state index contributed by atoms with van der Waals surface area (Å²) in [5.41, 5.74) is 5.16. The number of carbonyl (C=O) groups is 1. The van der Waals surface area contributed by atoms with E-state index in [1.165, 1.54) is 0 Å². The summed E-state index contributed by atoms with van der Waals surface area (Å²) < 4.78 is 0. The van der Waals surface area contributed by atoms with Gasteiger partial charge in [0.15, 0.2) is 0 Å². The molecule has 94 valence electrons. The number of hydrogen-bond acceptors (Lipinski definition) is 5. The predicted octanol–water partition coefficient (Wildman–Crippen LogP) is 0.563. The molecule has 0 aliphatic carbocycles. The van der Waals surface area contributed by atoms with Crippen LogP contribution in [0.2, 0.25) is 0 Å². The second-order valence-corrected chi connectivity index (χ2v) is 4.20. The molecule has 1 amide bonds. The zero-order valence-electron chi connectivity index (χ0n) is 10.7. The number of primary amides is 1. The molecule has 0 unspecified atom stereocenters. The van der Waals surface area contributed by atoms with E-state index in [2.05, 4.69) is 15.3 Å². The van der Waals surface area contributed by atoms with Crippen molar-refractivity contribution in [1.29, 1.82) is 0 Å². The summed E-state index contributed by atoms with van der Waals surface area (Å²) >= 11 is 0. The maximum absolute atomic E-state index is 10.9. The van der Waals surface area contributed by atoms with Gasteiger partial charge in [-0.05, 0) is 0 Å². The Hall–Kier alpha value is -1.85. The largest absolute Gasteiger partial charge is 0.373 e. The number of hydrogen-bond donors (Lipinski definition) is 2. The van der Waals surface area contributed by atoms with Crippen LogP contribution in [0.25, 0.3) is 0 Å². The van der Waals surface area contributed by atoms with Gasteiger partial charge in [0.25, 0.3) is 0 Å². The average Bonchev–Trinajstić information content (AvgIpc) is 2.27. The van der Waals surface area contributed by atoms with Crippen LogP contribution in [0.3, 0.4) is 0 Å². The van der Waals surface area contributed by atoms with Crippen LogP contribution >= 0.6 is 0 Å². The molecule has 0 radical (unpaired) electrons. The van der Waals surface area contributed by atoms with E-state index in [4.69, 9.17) is 5.73 Å². The van der Waals surface area contributed by atoms with Crippen LogP contribution in [0.4, 0.5) is 11.6 Å². The lowest BCUT2D eigenvalue weighted by molar-refractivity contribution is -0.116. The molecule has 0 spiro atoms. The molecule has 0 atom stereocenters. The first-order chi connectivity index (χ1) is 7.93.